The molecule has 0 saturated carbocycles. The van der Waals surface area contributed by atoms with Gasteiger partial charge in [0.2, 0.25) is 0 Å². The molecule has 0 bridgehead atoms. The number of benzene rings is 1. The molecule has 1 aliphatic rings. The highest BCUT2D eigenvalue weighted by Crippen LogP contribution is 2.27. The van der Waals surface area contributed by atoms with Crippen LogP contribution in [0.15, 0.2) is 18.2 Å². The van der Waals surface area contributed by atoms with Crippen molar-refractivity contribution in [3.63, 3.8) is 0 Å². The molecule has 0 spiro atoms. The van der Waals surface area contributed by atoms with E-state index in [9.17, 15) is 0 Å². The summed E-state index contributed by atoms with van der Waals surface area (Å²) in [6, 6.07) is 8.06. The van der Waals surface area contributed by atoms with E-state index in [-0.39, 0.29) is 0 Å². The fourth-order valence-corrected chi connectivity index (χ4v) is 1.54. The van der Waals surface area contributed by atoms with E-state index in [4.69, 9.17) is 10.00 Å². The molecule has 0 fully saturated rings. The lowest BCUT2D eigenvalue weighted by molar-refractivity contribution is 0.357. The molecule has 2 nitrogen and oxygen atoms in total. The number of hydrogen-bond donors (Lipinski definition) is 0. The fraction of sp³-hybridized carbons (Fsp3) is 0.300. The first kappa shape index (κ1) is 7.17. The van der Waals surface area contributed by atoms with Crippen molar-refractivity contribution in [2.24, 2.45) is 0 Å². The molecule has 1 aromatic rings. The third kappa shape index (κ3) is 1.04. The van der Waals surface area contributed by atoms with Crippen molar-refractivity contribution >= 4 is 0 Å². The van der Waals surface area contributed by atoms with Crippen LogP contribution in [0.3, 0.4) is 0 Å². The second-order valence-corrected chi connectivity index (χ2v) is 2.83. The summed E-state index contributed by atoms with van der Waals surface area (Å²) in [5.41, 5.74) is 2.34. The van der Waals surface area contributed by atoms with Crippen molar-refractivity contribution in [2.45, 2.75) is 12.8 Å². The minimum Gasteiger partial charge on any atom is -0.493 e. The highest BCUT2D eigenvalue weighted by Gasteiger charge is 2.14. The summed E-state index contributed by atoms with van der Waals surface area (Å²) >= 11 is 0. The summed E-state index contributed by atoms with van der Waals surface area (Å²) in [6.45, 7) is 0.762. The zero-order chi connectivity index (χ0) is 8.39. The second-order valence-electron chi connectivity index (χ2n) is 2.83. The van der Waals surface area contributed by atoms with Gasteiger partial charge < -0.3 is 4.74 Å². The third-order valence-electron chi connectivity index (χ3n) is 2.11. The average molecular weight is 159 g/mol. The molecule has 0 radical (unpaired) electrons. The van der Waals surface area contributed by atoms with Gasteiger partial charge in [-0.1, -0.05) is 12.1 Å². The first-order chi connectivity index (χ1) is 5.92. The fourth-order valence-electron chi connectivity index (χ4n) is 1.54. The molecule has 2 heteroatoms. The largest absolute Gasteiger partial charge is 0.493 e. The maximum absolute atomic E-state index is 8.56. The molecular weight excluding hydrogens is 150 g/mol. The maximum Gasteiger partial charge on any atom is 0.122 e. The number of nitriles is 1. The quantitative estimate of drug-likeness (QED) is 0.624. The molecule has 1 heterocycles. The van der Waals surface area contributed by atoms with Crippen molar-refractivity contribution in [3.05, 3.63) is 29.3 Å². The van der Waals surface area contributed by atoms with Crippen LogP contribution in [0.5, 0.6) is 5.75 Å². The average Bonchev–Trinajstić information content (AvgIpc) is 2.53. The van der Waals surface area contributed by atoms with E-state index in [1.807, 2.05) is 18.2 Å². The van der Waals surface area contributed by atoms with E-state index in [0.29, 0.717) is 6.42 Å². The molecule has 0 saturated heterocycles. The van der Waals surface area contributed by atoms with Crippen LogP contribution in [0.4, 0.5) is 0 Å². The number of ether oxygens (including phenoxy) is 1. The Bertz CT molecular complexity index is 338. The van der Waals surface area contributed by atoms with Crippen LogP contribution in [0.1, 0.15) is 11.1 Å². The Morgan fingerprint density at radius 1 is 1.50 bits per heavy atom. The Labute approximate surface area is 71.4 Å². The van der Waals surface area contributed by atoms with Gasteiger partial charge in [-0.25, -0.2) is 0 Å². The Kier molecular flexibility index (Phi) is 1.71. The molecule has 60 valence electrons. The van der Waals surface area contributed by atoms with E-state index in [1.54, 1.807) is 0 Å². The first-order valence-electron chi connectivity index (χ1n) is 4.02. The minimum atomic E-state index is 0.493. The second kappa shape index (κ2) is 2.86. The molecule has 1 aliphatic heterocycles. The Morgan fingerprint density at radius 3 is 3.25 bits per heavy atom. The standard InChI is InChI=1S/C10H9NO/c11-6-4-8-2-1-3-10-9(8)5-7-12-10/h1-3H,4-5,7H2. The SMILES string of the molecule is N#CCc1cccc2c1CCO2. The highest BCUT2D eigenvalue weighted by molar-refractivity contribution is 5.43. The van der Waals surface area contributed by atoms with Gasteiger partial charge >= 0.3 is 0 Å². The zero-order valence-corrected chi connectivity index (χ0v) is 6.71. The van der Waals surface area contributed by atoms with Crippen LogP contribution in [-0.2, 0) is 12.8 Å². The number of nitrogens with zero attached hydrogens (tertiary/aromatic N) is 1. The van der Waals surface area contributed by atoms with E-state index in [1.165, 1.54) is 5.56 Å². The molecule has 0 amide bonds. The lowest BCUT2D eigenvalue weighted by atomic mass is 10.0. The molecule has 0 aromatic heterocycles. The minimum absolute atomic E-state index is 0.493. The molecule has 0 N–H and O–H groups in total. The van der Waals surface area contributed by atoms with Crippen LogP contribution in [0, 0.1) is 11.3 Å². The van der Waals surface area contributed by atoms with E-state index >= 15 is 0 Å². The van der Waals surface area contributed by atoms with Crippen molar-refractivity contribution in [1.82, 2.24) is 0 Å². The predicted octanol–water partition coefficient (Wildman–Crippen LogP) is 1.69. The topological polar surface area (TPSA) is 33.0 Å². The van der Waals surface area contributed by atoms with Crippen molar-refractivity contribution in [3.8, 4) is 11.8 Å². The van der Waals surface area contributed by atoms with Gasteiger partial charge in [-0.15, -0.1) is 0 Å². The number of hydrogen-bond acceptors (Lipinski definition) is 2. The molecule has 0 aliphatic carbocycles. The lowest BCUT2D eigenvalue weighted by Crippen LogP contribution is -1.89. The lowest BCUT2D eigenvalue weighted by Gasteiger charge is -2.01. The zero-order valence-electron chi connectivity index (χ0n) is 6.71. The monoisotopic (exact) mass is 159 g/mol. The van der Waals surface area contributed by atoms with Crippen molar-refractivity contribution < 1.29 is 4.74 Å². The predicted molar refractivity (Wildman–Crippen MR) is 45.0 cm³/mol. The third-order valence-corrected chi connectivity index (χ3v) is 2.11. The van der Waals surface area contributed by atoms with Gasteiger partial charge in [0, 0.05) is 12.0 Å². The Balaban J connectivity index is 2.44. The Morgan fingerprint density at radius 2 is 2.42 bits per heavy atom. The number of rotatable bonds is 1. The first-order valence-corrected chi connectivity index (χ1v) is 4.02. The van der Waals surface area contributed by atoms with Crippen molar-refractivity contribution in [1.29, 1.82) is 5.26 Å². The summed E-state index contributed by atoms with van der Waals surface area (Å²) in [7, 11) is 0. The summed E-state index contributed by atoms with van der Waals surface area (Å²) in [4.78, 5) is 0. The normalized spacial score (nSPS) is 13.2. The molecule has 2 rings (SSSR count). The van der Waals surface area contributed by atoms with Gasteiger partial charge in [0.25, 0.3) is 0 Å². The summed E-state index contributed by atoms with van der Waals surface area (Å²) in [6.07, 6.45) is 1.44. The van der Waals surface area contributed by atoms with Gasteiger partial charge in [-0.3, -0.25) is 0 Å². The van der Waals surface area contributed by atoms with Crippen LogP contribution in [-0.4, -0.2) is 6.61 Å². The van der Waals surface area contributed by atoms with Gasteiger partial charge in [0.05, 0.1) is 19.1 Å². The highest BCUT2D eigenvalue weighted by atomic mass is 16.5. The summed E-state index contributed by atoms with van der Waals surface area (Å²) in [5, 5.41) is 8.56. The van der Waals surface area contributed by atoms with Gasteiger partial charge in [0.1, 0.15) is 5.75 Å². The molecule has 0 unspecified atom stereocenters. The van der Waals surface area contributed by atoms with E-state index < -0.39 is 0 Å². The van der Waals surface area contributed by atoms with Gasteiger partial charge in [-0.05, 0) is 11.6 Å². The van der Waals surface area contributed by atoms with Gasteiger partial charge in [-0.2, -0.15) is 5.26 Å². The van der Waals surface area contributed by atoms with Crippen LogP contribution >= 0.6 is 0 Å². The molecular formula is C10H9NO. The van der Waals surface area contributed by atoms with Crippen LogP contribution in [0.25, 0.3) is 0 Å². The summed E-state index contributed by atoms with van der Waals surface area (Å²) in [5.74, 6) is 0.961. The van der Waals surface area contributed by atoms with Crippen molar-refractivity contribution in [2.75, 3.05) is 6.61 Å². The smallest absolute Gasteiger partial charge is 0.122 e. The molecule has 12 heavy (non-hydrogen) atoms. The Hall–Kier alpha value is -1.49. The van der Waals surface area contributed by atoms with Gasteiger partial charge in [0.15, 0.2) is 0 Å². The maximum atomic E-state index is 8.56. The molecule has 1 aromatic carbocycles. The molecule has 0 atom stereocenters. The van der Waals surface area contributed by atoms with E-state index in [0.717, 1.165) is 24.3 Å². The summed E-state index contributed by atoms with van der Waals surface area (Å²) < 4.78 is 5.38. The van der Waals surface area contributed by atoms with E-state index in [2.05, 4.69) is 6.07 Å². The van der Waals surface area contributed by atoms with Crippen LogP contribution < -0.4 is 4.74 Å². The van der Waals surface area contributed by atoms with Crippen LogP contribution in [0.2, 0.25) is 0 Å². The number of fused-ring (bicyclic) bond motifs is 1.